The number of fused-ring (bicyclic) bond motifs is 1. The number of nitrogens with zero attached hydrogens (tertiary/aromatic N) is 1. The summed E-state index contributed by atoms with van der Waals surface area (Å²) in [5.41, 5.74) is 2.14. The lowest BCUT2D eigenvalue weighted by Gasteiger charge is -2.23. The van der Waals surface area contributed by atoms with Crippen molar-refractivity contribution in [2.24, 2.45) is 0 Å². The molecule has 0 radical (unpaired) electrons. The van der Waals surface area contributed by atoms with Crippen molar-refractivity contribution in [2.45, 2.75) is 37.6 Å². The lowest BCUT2D eigenvalue weighted by molar-refractivity contribution is 0.0869. The summed E-state index contributed by atoms with van der Waals surface area (Å²) >= 11 is 0. The van der Waals surface area contributed by atoms with Crippen LogP contribution in [0.25, 0.3) is 0 Å². The molecule has 0 saturated heterocycles. The Hall–Kier alpha value is -2.58. The van der Waals surface area contributed by atoms with E-state index in [9.17, 15) is 18.3 Å². The van der Waals surface area contributed by atoms with Gasteiger partial charge in [-0.1, -0.05) is 0 Å². The van der Waals surface area contributed by atoms with Gasteiger partial charge in [0.2, 0.25) is 0 Å². The largest absolute Gasteiger partial charge is 0.394 e. The smallest absolute Gasteiger partial charge is 0.261 e. The molecule has 0 saturated carbocycles. The molecule has 0 bridgehead atoms. The molecule has 1 amide bonds. The molecule has 2 aromatic carbocycles. The lowest BCUT2D eigenvalue weighted by Crippen LogP contribution is -2.46. The zero-order chi connectivity index (χ0) is 21.2. The highest BCUT2D eigenvalue weighted by molar-refractivity contribution is 7.92. The number of aliphatic hydroxyl groups is 1. The van der Waals surface area contributed by atoms with Gasteiger partial charge >= 0.3 is 0 Å². The number of likely N-dealkylation sites (N-methyl/N-ethyl adjacent to an activating group) is 1. The van der Waals surface area contributed by atoms with Crippen molar-refractivity contribution in [3.63, 3.8) is 0 Å². The van der Waals surface area contributed by atoms with E-state index in [4.69, 9.17) is 0 Å². The van der Waals surface area contributed by atoms with Crippen molar-refractivity contribution in [2.75, 3.05) is 29.3 Å². The van der Waals surface area contributed by atoms with Gasteiger partial charge in [-0.2, -0.15) is 0 Å². The summed E-state index contributed by atoms with van der Waals surface area (Å²) in [5, 5.41) is 12.0. The highest BCUT2D eigenvalue weighted by atomic mass is 32.2. The molecular weight excluding hydrogens is 390 g/mol. The van der Waals surface area contributed by atoms with E-state index >= 15 is 0 Å². The van der Waals surface area contributed by atoms with Gasteiger partial charge in [-0.25, -0.2) is 8.42 Å². The fourth-order valence-electron chi connectivity index (χ4n) is 3.26. The molecule has 7 nitrogen and oxygen atoms in total. The summed E-state index contributed by atoms with van der Waals surface area (Å²) in [7, 11) is -3.73. The first-order chi connectivity index (χ1) is 13.6. The molecule has 0 fully saturated rings. The average molecular weight is 418 g/mol. The molecule has 8 heteroatoms. The molecule has 0 aliphatic carbocycles. The van der Waals surface area contributed by atoms with E-state index in [1.165, 1.54) is 0 Å². The van der Waals surface area contributed by atoms with Crippen LogP contribution in [0.5, 0.6) is 0 Å². The first-order valence-corrected chi connectivity index (χ1v) is 11.1. The number of amides is 1. The fourth-order valence-corrected chi connectivity index (χ4v) is 4.37. The number of rotatable bonds is 7. The van der Waals surface area contributed by atoms with Crippen molar-refractivity contribution < 1.29 is 18.3 Å². The molecule has 3 rings (SSSR count). The lowest BCUT2D eigenvalue weighted by atomic mass is 10.1. The Bertz CT molecular complexity index is 1000. The van der Waals surface area contributed by atoms with E-state index in [2.05, 4.69) is 21.9 Å². The second-order valence-electron chi connectivity index (χ2n) is 7.80. The third kappa shape index (κ3) is 4.71. The summed E-state index contributed by atoms with van der Waals surface area (Å²) in [4.78, 5) is 14.7. The summed E-state index contributed by atoms with van der Waals surface area (Å²) in [5.74, 6) is -0.336. The Morgan fingerprint density at radius 3 is 2.48 bits per heavy atom. The number of nitrogens with one attached hydrogen (secondary N) is 2. The van der Waals surface area contributed by atoms with Crippen LogP contribution in [0.15, 0.2) is 47.4 Å². The van der Waals surface area contributed by atoms with E-state index in [0.29, 0.717) is 11.3 Å². The van der Waals surface area contributed by atoms with Crippen LogP contribution in [0, 0.1) is 0 Å². The molecule has 0 spiro atoms. The van der Waals surface area contributed by atoms with Crippen LogP contribution in [0.3, 0.4) is 0 Å². The number of aliphatic hydroxyl groups excluding tert-OH is 1. The summed E-state index contributed by atoms with van der Waals surface area (Å²) in [6, 6.07) is 11.4. The monoisotopic (exact) mass is 417 g/mol. The SMILES string of the molecule is CCN1CCc2cc(S(=O)(=O)Nc3ccc(C(=O)NC(C)(C)CO)cc3)ccc21. The van der Waals surface area contributed by atoms with Gasteiger partial charge < -0.3 is 15.3 Å². The van der Waals surface area contributed by atoms with Gasteiger partial charge in [0.1, 0.15) is 0 Å². The van der Waals surface area contributed by atoms with E-state index in [-0.39, 0.29) is 17.4 Å². The molecule has 1 aliphatic rings. The summed E-state index contributed by atoms with van der Waals surface area (Å²) in [6.45, 7) is 7.11. The Balaban J connectivity index is 1.74. The van der Waals surface area contributed by atoms with E-state index in [1.807, 2.05) is 6.07 Å². The average Bonchev–Trinajstić information content (AvgIpc) is 3.10. The second-order valence-corrected chi connectivity index (χ2v) is 9.48. The van der Waals surface area contributed by atoms with Gasteiger partial charge in [-0.05, 0) is 75.2 Å². The number of benzene rings is 2. The Kier molecular flexibility index (Phi) is 5.86. The minimum Gasteiger partial charge on any atom is -0.394 e. The highest BCUT2D eigenvalue weighted by Gasteiger charge is 2.23. The Morgan fingerprint density at radius 2 is 1.86 bits per heavy atom. The van der Waals surface area contributed by atoms with Crippen molar-refractivity contribution in [3.8, 4) is 0 Å². The maximum atomic E-state index is 12.8. The summed E-state index contributed by atoms with van der Waals surface area (Å²) < 4.78 is 28.1. The third-order valence-electron chi connectivity index (χ3n) is 4.98. The van der Waals surface area contributed by atoms with Crippen LogP contribution in [-0.2, 0) is 16.4 Å². The van der Waals surface area contributed by atoms with E-state index < -0.39 is 15.6 Å². The molecule has 1 heterocycles. The first-order valence-electron chi connectivity index (χ1n) is 9.59. The van der Waals surface area contributed by atoms with Crippen LogP contribution in [0.2, 0.25) is 0 Å². The Labute approximate surface area is 171 Å². The molecule has 29 heavy (non-hydrogen) atoms. The minimum absolute atomic E-state index is 0.187. The number of carbonyl (C=O) groups is 1. The summed E-state index contributed by atoms with van der Waals surface area (Å²) in [6.07, 6.45) is 0.834. The van der Waals surface area contributed by atoms with Gasteiger partial charge in [0.15, 0.2) is 0 Å². The number of anilines is 2. The van der Waals surface area contributed by atoms with Gasteiger partial charge in [0.05, 0.1) is 17.0 Å². The van der Waals surface area contributed by atoms with E-state index in [1.54, 1.807) is 50.2 Å². The highest BCUT2D eigenvalue weighted by Crippen LogP contribution is 2.30. The number of hydrogen-bond acceptors (Lipinski definition) is 5. The maximum Gasteiger partial charge on any atom is 0.261 e. The third-order valence-corrected chi connectivity index (χ3v) is 6.36. The van der Waals surface area contributed by atoms with Crippen LogP contribution in [0.1, 0.15) is 36.7 Å². The van der Waals surface area contributed by atoms with Crippen molar-refractivity contribution >= 4 is 27.3 Å². The van der Waals surface area contributed by atoms with Crippen molar-refractivity contribution in [1.82, 2.24) is 5.32 Å². The van der Waals surface area contributed by atoms with Gasteiger partial charge in [-0.15, -0.1) is 0 Å². The fraction of sp³-hybridized carbons (Fsp3) is 0.381. The van der Waals surface area contributed by atoms with Crippen LogP contribution >= 0.6 is 0 Å². The molecule has 0 atom stereocenters. The number of carbonyl (C=O) groups excluding carboxylic acids is 1. The minimum atomic E-state index is -3.73. The topological polar surface area (TPSA) is 98.7 Å². The molecule has 0 aromatic heterocycles. The number of hydrogen-bond donors (Lipinski definition) is 3. The zero-order valence-corrected chi connectivity index (χ0v) is 17.7. The first kappa shape index (κ1) is 21.1. The predicted molar refractivity (Wildman–Crippen MR) is 114 cm³/mol. The molecule has 2 aromatic rings. The van der Waals surface area contributed by atoms with Crippen molar-refractivity contribution in [3.05, 3.63) is 53.6 Å². The molecular formula is C21H27N3O4S. The van der Waals surface area contributed by atoms with Gasteiger partial charge in [0, 0.05) is 30.0 Å². The molecule has 3 N–H and O–H groups in total. The normalized spacial score (nSPS) is 13.9. The Morgan fingerprint density at radius 1 is 1.17 bits per heavy atom. The standard InChI is InChI=1S/C21H27N3O4S/c1-4-24-12-11-16-13-18(9-10-19(16)24)29(27,28)23-17-7-5-15(6-8-17)20(26)22-21(2,3)14-25/h5-10,13,23,25H,4,11-12,14H2,1-3H3,(H,22,26). The van der Waals surface area contributed by atoms with Crippen LogP contribution in [0.4, 0.5) is 11.4 Å². The van der Waals surface area contributed by atoms with E-state index in [0.717, 1.165) is 30.8 Å². The van der Waals surface area contributed by atoms with Crippen LogP contribution in [-0.4, -0.2) is 44.7 Å². The number of sulfonamides is 1. The van der Waals surface area contributed by atoms with Gasteiger partial charge in [-0.3, -0.25) is 9.52 Å². The maximum absolute atomic E-state index is 12.8. The quantitative estimate of drug-likeness (QED) is 0.642. The zero-order valence-electron chi connectivity index (χ0n) is 16.9. The van der Waals surface area contributed by atoms with Gasteiger partial charge in [0.25, 0.3) is 15.9 Å². The molecule has 1 aliphatic heterocycles. The predicted octanol–water partition coefficient (Wildman–Crippen LogP) is 2.37. The molecule has 156 valence electrons. The molecule has 0 unspecified atom stereocenters. The van der Waals surface area contributed by atoms with Crippen LogP contribution < -0.4 is 14.9 Å². The van der Waals surface area contributed by atoms with Crippen molar-refractivity contribution in [1.29, 1.82) is 0 Å². The second kappa shape index (κ2) is 8.04.